The average molecular weight is 296 g/mol. The monoisotopic (exact) mass is 296 g/mol. The molecule has 0 radical (unpaired) electrons. The number of aromatic nitrogens is 2. The molecule has 2 amide bonds. The minimum absolute atomic E-state index is 0.161. The van der Waals surface area contributed by atoms with Crippen molar-refractivity contribution < 1.29 is 19.2 Å². The maximum atomic E-state index is 11.7. The number of amides is 2. The van der Waals surface area contributed by atoms with Crippen molar-refractivity contribution in [1.29, 1.82) is 0 Å². The van der Waals surface area contributed by atoms with Crippen molar-refractivity contribution in [1.82, 2.24) is 20.8 Å². The largest absolute Gasteiger partial charge is 0.481 e. The Kier molecular flexibility index (Phi) is 4.77. The molecule has 0 unspecified atom stereocenters. The number of aryl methyl sites for hydroxylation is 1. The fourth-order valence-electron chi connectivity index (χ4n) is 2.55. The lowest BCUT2D eigenvalue weighted by Crippen LogP contribution is -2.45. The highest BCUT2D eigenvalue weighted by Crippen LogP contribution is 2.37. The van der Waals surface area contributed by atoms with Crippen LogP contribution in [-0.2, 0) is 11.2 Å². The molecule has 0 atom stereocenters. The summed E-state index contributed by atoms with van der Waals surface area (Å²) in [5.74, 6) is 0.186. The standard InChI is InChI=1S/C13H20N4O4/c1-9-16-10(21-17-9)4-7-14-12(20)15-8-13(11(18)19)5-2-3-6-13/h2-8H2,1H3,(H,18,19)(H2,14,15,20). The molecule has 8 heteroatoms. The number of nitrogens with zero attached hydrogens (tertiary/aromatic N) is 2. The summed E-state index contributed by atoms with van der Waals surface area (Å²) in [5, 5.41) is 18.2. The van der Waals surface area contributed by atoms with Crippen LogP contribution in [0.2, 0.25) is 0 Å². The summed E-state index contributed by atoms with van der Waals surface area (Å²) in [6, 6.07) is -0.376. The Bertz CT molecular complexity index is 508. The number of carbonyl (C=O) groups excluding carboxylic acids is 1. The van der Waals surface area contributed by atoms with Crippen LogP contribution in [0.1, 0.15) is 37.4 Å². The molecule has 2 rings (SSSR count). The predicted octanol–water partition coefficient (Wildman–Crippen LogP) is 0.865. The molecule has 1 saturated carbocycles. The number of aliphatic carboxylic acids is 1. The van der Waals surface area contributed by atoms with E-state index in [4.69, 9.17) is 4.52 Å². The molecule has 116 valence electrons. The van der Waals surface area contributed by atoms with Gasteiger partial charge in [0.25, 0.3) is 0 Å². The third-order valence-electron chi connectivity index (χ3n) is 3.80. The first-order valence-electron chi connectivity index (χ1n) is 7.06. The van der Waals surface area contributed by atoms with E-state index in [1.54, 1.807) is 6.92 Å². The van der Waals surface area contributed by atoms with Crippen LogP contribution in [0.3, 0.4) is 0 Å². The number of hydrogen-bond acceptors (Lipinski definition) is 5. The minimum atomic E-state index is -0.832. The second-order valence-electron chi connectivity index (χ2n) is 5.39. The van der Waals surface area contributed by atoms with Crippen LogP contribution in [0, 0.1) is 12.3 Å². The fraction of sp³-hybridized carbons (Fsp3) is 0.692. The van der Waals surface area contributed by atoms with E-state index >= 15 is 0 Å². The van der Waals surface area contributed by atoms with Crippen LogP contribution in [0.25, 0.3) is 0 Å². The van der Waals surface area contributed by atoms with E-state index in [1.165, 1.54) is 0 Å². The highest BCUT2D eigenvalue weighted by Gasteiger charge is 2.41. The molecular weight excluding hydrogens is 276 g/mol. The first kappa shape index (κ1) is 15.3. The van der Waals surface area contributed by atoms with Gasteiger partial charge in [0.15, 0.2) is 5.82 Å². The molecule has 21 heavy (non-hydrogen) atoms. The second-order valence-corrected chi connectivity index (χ2v) is 5.39. The first-order valence-corrected chi connectivity index (χ1v) is 7.06. The molecule has 8 nitrogen and oxygen atoms in total. The maximum absolute atomic E-state index is 11.7. The quantitative estimate of drug-likeness (QED) is 0.717. The van der Waals surface area contributed by atoms with Gasteiger partial charge < -0.3 is 20.3 Å². The van der Waals surface area contributed by atoms with Crippen LogP contribution < -0.4 is 10.6 Å². The molecule has 0 bridgehead atoms. The number of carboxylic acids is 1. The number of rotatable bonds is 6. The van der Waals surface area contributed by atoms with Gasteiger partial charge in [-0.1, -0.05) is 18.0 Å². The molecule has 0 spiro atoms. The van der Waals surface area contributed by atoms with Crippen molar-refractivity contribution in [2.75, 3.05) is 13.1 Å². The van der Waals surface area contributed by atoms with E-state index in [-0.39, 0.29) is 12.6 Å². The normalized spacial score (nSPS) is 16.6. The summed E-state index contributed by atoms with van der Waals surface area (Å²) in [5.41, 5.74) is -0.805. The zero-order valence-corrected chi connectivity index (χ0v) is 12.0. The zero-order valence-electron chi connectivity index (χ0n) is 12.0. The van der Waals surface area contributed by atoms with Gasteiger partial charge in [-0.05, 0) is 19.8 Å². The molecular formula is C13H20N4O4. The lowest BCUT2D eigenvalue weighted by molar-refractivity contribution is -0.148. The predicted molar refractivity (Wildman–Crippen MR) is 72.7 cm³/mol. The number of hydrogen-bond donors (Lipinski definition) is 3. The molecule has 1 aromatic rings. The third-order valence-corrected chi connectivity index (χ3v) is 3.80. The SMILES string of the molecule is Cc1noc(CCNC(=O)NCC2(C(=O)O)CCCC2)n1. The first-order chi connectivity index (χ1) is 10.0. The van der Waals surface area contributed by atoms with Gasteiger partial charge in [0.1, 0.15) is 0 Å². The fourth-order valence-corrected chi connectivity index (χ4v) is 2.55. The molecule has 1 fully saturated rings. The Labute approximate surface area is 122 Å². The van der Waals surface area contributed by atoms with E-state index in [0.29, 0.717) is 37.5 Å². The third kappa shape index (κ3) is 3.93. The highest BCUT2D eigenvalue weighted by molar-refractivity contribution is 5.78. The summed E-state index contributed by atoms with van der Waals surface area (Å²) in [6.07, 6.45) is 3.46. The van der Waals surface area contributed by atoms with Crippen LogP contribution in [0.15, 0.2) is 4.52 Å². The van der Waals surface area contributed by atoms with Crippen molar-refractivity contribution in [3.63, 3.8) is 0 Å². The Morgan fingerprint density at radius 3 is 2.62 bits per heavy atom. The molecule has 0 aliphatic heterocycles. The van der Waals surface area contributed by atoms with E-state index < -0.39 is 11.4 Å². The summed E-state index contributed by atoms with van der Waals surface area (Å²) < 4.78 is 4.92. The lowest BCUT2D eigenvalue weighted by atomic mass is 9.86. The summed E-state index contributed by atoms with van der Waals surface area (Å²) >= 11 is 0. The Balaban J connectivity index is 1.71. The minimum Gasteiger partial charge on any atom is -0.481 e. The molecule has 1 heterocycles. The van der Waals surface area contributed by atoms with Gasteiger partial charge in [0.05, 0.1) is 5.41 Å². The number of urea groups is 1. The van der Waals surface area contributed by atoms with Crippen LogP contribution >= 0.6 is 0 Å². The Morgan fingerprint density at radius 1 is 1.33 bits per heavy atom. The number of carboxylic acid groups (broad SMARTS) is 1. The molecule has 1 aliphatic carbocycles. The van der Waals surface area contributed by atoms with Gasteiger partial charge in [-0.25, -0.2) is 4.79 Å². The molecule has 0 aromatic carbocycles. The van der Waals surface area contributed by atoms with Crippen molar-refractivity contribution in [2.24, 2.45) is 5.41 Å². The van der Waals surface area contributed by atoms with Crippen LogP contribution in [0.5, 0.6) is 0 Å². The van der Waals surface area contributed by atoms with E-state index in [2.05, 4.69) is 20.8 Å². The summed E-state index contributed by atoms with van der Waals surface area (Å²) in [7, 11) is 0. The second kappa shape index (κ2) is 6.55. The number of carbonyl (C=O) groups is 2. The van der Waals surface area contributed by atoms with Crippen molar-refractivity contribution in [3.8, 4) is 0 Å². The lowest BCUT2D eigenvalue weighted by Gasteiger charge is -2.23. The van der Waals surface area contributed by atoms with Crippen molar-refractivity contribution >= 4 is 12.0 Å². The summed E-state index contributed by atoms with van der Waals surface area (Å²) in [4.78, 5) is 27.0. The molecule has 0 saturated heterocycles. The van der Waals surface area contributed by atoms with Crippen LogP contribution in [-0.4, -0.2) is 40.3 Å². The van der Waals surface area contributed by atoms with Crippen molar-refractivity contribution in [2.45, 2.75) is 39.0 Å². The zero-order chi connectivity index (χ0) is 15.3. The van der Waals surface area contributed by atoms with Gasteiger partial charge in [0, 0.05) is 19.5 Å². The Hall–Kier alpha value is -2.12. The van der Waals surface area contributed by atoms with Gasteiger partial charge in [-0.2, -0.15) is 4.98 Å². The van der Waals surface area contributed by atoms with E-state index in [0.717, 1.165) is 12.8 Å². The van der Waals surface area contributed by atoms with Crippen LogP contribution in [0.4, 0.5) is 4.79 Å². The van der Waals surface area contributed by atoms with E-state index in [1.807, 2.05) is 0 Å². The maximum Gasteiger partial charge on any atom is 0.314 e. The summed E-state index contributed by atoms with van der Waals surface area (Å²) in [6.45, 7) is 2.24. The number of nitrogens with one attached hydrogen (secondary N) is 2. The Morgan fingerprint density at radius 2 is 2.05 bits per heavy atom. The average Bonchev–Trinajstić information content (AvgIpc) is 3.06. The molecule has 1 aromatic heterocycles. The smallest absolute Gasteiger partial charge is 0.314 e. The highest BCUT2D eigenvalue weighted by atomic mass is 16.5. The topological polar surface area (TPSA) is 117 Å². The van der Waals surface area contributed by atoms with Gasteiger partial charge in [-0.3, -0.25) is 4.79 Å². The van der Waals surface area contributed by atoms with Gasteiger partial charge in [0.2, 0.25) is 5.89 Å². The molecule has 1 aliphatic rings. The van der Waals surface area contributed by atoms with Crippen molar-refractivity contribution in [3.05, 3.63) is 11.7 Å². The molecule has 3 N–H and O–H groups in total. The van der Waals surface area contributed by atoms with Gasteiger partial charge in [-0.15, -0.1) is 0 Å². The van der Waals surface area contributed by atoms with E-state index in [9.17, 15) is 14.7 Å². The van der Waals surface area contributed by atoms with Gasteiger partial charge >= 0.3 is 12.0 Å².